The Morgan fingerprint density at radius 1 is 1.24 bits per heavy atom. The van der Waals surface area contributed by atoms with E-state index in [9.17, 15) is 8.42 Å². The van der Waals surface area contributed by atoms with Crippen molar-refractivity contribution in [1.82, 2.24) is 9.29 Å². The van der Waals surface area contributed by atoms with E-state index in [2.05, 4.69) is 4.98 Å². The Kier molecular flexibility index (Phi) is 4.68. The van der Waals surface area contributed by atoms with Crippen LogP contribution >= 0.6 is 0 Å². The summed E-state index contributed by atoms with van der Waals surface area (Å²) in [6, 6.07) is 11.6. The van der Waals surface area contributed by atoms with Gasteiger partial charge in [0.25, 0.3) is 0 Å². The Labute approximate surface area is 124 Å². The standard InChI is InChI=1S/C15H15N3O2S/c1-2-18(12-13-6-8-17-9-7-13)21(19,20)15-5-3-4-14(10-15)11-16/h3-10H,2,12H2,1H3. The van der Waals surface area contributed by atoms with E-state index < -0.39 is 10.0 Å². The first kappa shape index (κ1) is 15.2. The van der Waals surface area contributed by atoms with Crippen LogP contribution in [0.25, 0.3) is 0 Å². The van der Waals surface area contributed by atoms with Crippen molar-refractivity contribution in [3.63, 3.8) is 0 Å². The molecule has 0 amide bonds. The fraction of sp³-hybridized carbons (Fsp3) is 0.200. The molecular formula is C15H15N3O2S. The zero-order chi connectivity index (χ0) is 15.3. The molecule has 21 heavy (non-hydrogen) atoms. The number of hydrogen-bond donors (Lipinski definition) is 0. The Morgan fingerprint density at radius 2 is 1.95 bits per heavy atom. The van der Waals surface area contributed by atoms with Crippen LogP contribution in [-0.2, 0) is 16.6 Å². The lowest BCUT2D eigenvalue weighted by atomic mass is 10.2. The van der Waals surface area contributed by atoms with Crippen LogP contribution in [0.15, 0.2) is 53.7 Å². The van der Waals surface area contributed by atoms with E-state index in [0.29, 0.717) is 12.1 Å². The normalized spacial score (nSPS) is 11.3. The topological polar surface area (TPSA) is 74.1 Å². The maximum atomic E-state index is 12.6. The van der Waals surface area contributed by atoms with Crippen molar-refractivity contribution in [3.8, 4) is 6.07 Å². The van der Waals surface area contributed by atoms with Crippen molar-refractivity contribution in [2.75, 3.05) is 6.54 Å². The summed E-state index contributed by atoms with van der Waals surface area (Å²) < 4.78 is 26.6. The molecule has 0 radical (unpaired) electrons. The quantitative estimate of drug-likeness (QED) is 0.848. The maximum Gasteiger partial charge on any atom is 0.243 e. The van der Waals surface area contributed by atoms with Crippen molar-refractivity contribution < 1.29 is 8.42 Å². The molecule has 0 aliphatic carbocycles. The number of pyridine rings is 1. The minimum atomic E-state index is -3.62. The molecule has 5 nitrogen and oxygen atoms in total. The number of nitriles is 1. The molecule has 0 fully saturated rings. The Balaban J connectivity index is 2.33. The summed E-state index contributed by atoms with van der Waals surface area (Å²) in [6.07, 6.45) is 3.26. The van der Waals surface area contributed by atoms with E-state index in [1.807, 2.05) is 6.07 Å². The average molecular weight is 301 g/mol. The van der Waals surface area contributed by atoms with Gasteiger partial charge < -0.3 is 0 Å². The highest BCUT2D eigenvalue weighted by Crippen LogP contribution is 2.19. The highest BCUT2D eigenvalue weighted by molar-refractivity contribution is 7.89. The van der Waals surface area contributed by atoms with Crippen LogP contribution in [0.3, 0.4) is 0 Å². The van der Waals surface area contributed by atoms with Gasteiger partial charge in [-0.05, 0) is 35.9 Å². The Morgan fingerprint density at radius 3 is 2.57 bits per heavy atom. The van der Waals surface area contributed by atoms with Gasteiger partial charge in [0.05, 0.1) is 16.5 Å². The molecule has 0 aliphatic heterocycles. The molecule has 1 aromatic carbocycles. The third-order valence-corrected chi connectivity index (χ3v) is 4.98. The summed E-state index contributed by atoms with van der Waals surface area (Å²) >= 11 is 0. The molecule has 0 atom stereocenters. The molecule has 0 spiro atoms. The smallest absolute Gasteiger partial charge is 0.243 e. The van der Waals surface area contributed by atoms with Gasteiger partial charge in [0, 0.05) is 25.5 Å². The number of aromatic nitrogens is 1. The van der Waals surface area contributed by atoms with E-state index in [4.69, 9.17) is 5.26 Å². The number of nitrogens with zero attached hydrogens (tertiary/aromatic N) is 3. The predicted octanol–water partition coefficient (Wildman–Crippen LogP) is 2.16. The van der Waals surface area contributed by atoms with Gasteiger partial charge in [-0.3, -0.25) is 4.98 Å². The fourth-order valence-corrected chi connectivity index (χ4v) is 3.42. The second-order valence-corrected chi connectivity index (χ2v) is 6.36. The third kappa shape index (κ3) is 3.45. The molecular weight excluding hydrogens is 286 g/mol. The number of hydrogen-bond acceptors (Lipinski definition) is 4. The molecule has 1 aromatic heterocycles. The van der Waals surface area contributed by atoms with Gasteiger partial charge in [-0.1, -0.05) is 13.0 Å². The summed E-state index contributed by atoms with van der Waals surface area (Å²) in [4.78, 5) is 4.05. The maximum absolute atomic E-state index is 12.6. The van der Waals surface area contributed by atoms with Crippen molar-refractivity contribution >= 4 is 10.0 Å². The first-order chi connectivity index (χ1) is 10.1. The fourth-order valence-electron chi connectivity index (χ4n) is 1.93. The second-order valence-electron chi connectivity index (χ2n) is 4.43. The summed E-state index contributed by atoms with van der Waals surface area (Å²) in [6.45, 7) is 2.41. The highest BCUT2D eigenvalue weighted by Gasteiger charge is 2.23. The highest BCUT2D eigenvalue weighted by atomic mass is 32.2. The molecule has 0 saturated carbocycles. The molecule has 0 bridgehead atoms. The molecule has 0 unspecified atom stereocenters. The van der Waals surface area contributed by atoms with Crippen LogP contribution in [0.1, 0.15) is 18.1 Å². The van der Waals surface area contributed by atoms with E-state index in [-0.39, 0.29) is 11.4 Å². The lowest BCUT2D eigenvalue weighted by molar-refractivity contribution is 0.423. The van der Waals surface area contributed by atoms with E-state index >= 15 is 0 Å². The van der Waals surface area contributed by atoms with Gasteiger partial charge in [0.2, 0.25) is 10.0 Å². The molecule has 108 valence electrons. The second kappa shape index (κ2) is 6.48. The minimum Gasteiger partial charge on any atom is -0.265 e. The first-order valence-corrected chi connectivity index (χ1v) is 7.91. The van der Waals surface area contributed by atoms with Gasteiger partial charge in [0.15, 0.2) is 0 Å². The summed E-state index contributed by atoms with van der Waals surface area (Å²) in [5.74, 6) is 0. The van der Waals surface area contributed by atoms with Crippen molar-refractivity contribution in [2.45, 2.75) is 18.4 Å². The number of rotatable bonds is 5. The van der Waals surface area contributed by atoms with Crippen molar-refractivity contribution in [1.29, 1.82) is 5.26 Å². The molecule has 0 N–H and O–H groups in total. The summed E-state index contributed by atoms with van der Waals surface area (Å²) in [5, 5.41) is 8.89. The van der Waals surface area contributed by atoms with Crippen LogP contribution in [0.5, 0.6) is 0 Å². The number of benzene rings is 1. The molecule has 0 saturated heterocycles. The van der Waals surface area contributed by atoms with Crippen LogP contribution in [0, 0.1) is 11.3 Å². The zero-order valence-electron chi connectivity index (χ0n) is 11.6. The molecule has 6 heteroatoms. The van der Waals surface area contributed by atoms with Gasteiger partial charge >= 0.3 is 0 Å². The van der Waals surface area contributed by atoms with E-state index in [1.54, 1.807) is 43.6 Å². The van der Waals surface area contributed by atoms with E-state index in [1.165, 1.54) is 16.4 Å². The molecule has 2 aromatic rings. The predicted molar refractivity (Wildman–Crippen MR) is 78.7 cm³/mol. The van der Waals surface area contributed by atoms with Crippen LogP contribution in [0.2, 0.25) is 0 Å². The lowest BCUT2D eigenvalue weighted by Gasteiger charge is -2.20. The zero-order valence-corrected chi connectivity index (χ0v) is 12.4. The summed E-state index contributed by atoms with van der Waals surface area (Å²) in [5.41, 5.74) is 1.20. The van der Waals surface area contributed by atoms with Crippen molar-refractivity contribution in [2.24, 2.45) is 0 Å². The number of sulfonamides is 1. The molecule has 2 rings (SSSR count). The minimum absolute atomic E-state index is 0.137. The van der Waals surface area contributed by atoms with Gasteiger partial charge in [-0.15, -0.1) is 0 Å². The van der Waals surface area contributed by atoms with Crippen LogP contribution < -0.4 is 0 Å². The van der Waals surface area contributed by atoms with E-state index in [0.717, 1.165) is 5.56 Å². The first-order valence-electron chi connectivity index (χ1n) is 6.47. The molecule has 1 heterocycles. The Hall–Kier alpha value is -2.23. The summed E-state index contributed by atoms with van der Waals surface area (Å²) in [7, 11) is -3.62. The SMILES string of the molecule is CCN(Cc1ccncc1)S(=O)(=O)c1cccc(C#N)c1. The van der Waals surface area contributed by atoms with Gasteiger partial charge in [-0.2, -0.15) is 9.57 Å². The third-order valence-electron chi connectivity index (χ3n) is 3.06. The van der Waals surface area contributed by atoms with Gasteiger partial charge in [0.1, 0.15) is 0 Å². The largest absolute Gasteiger partial charge is 0.265 e. The lowest BCUT2D eigenvalue weighted by Crippen LogP contribution is -2.30. The van der Waals surface area contributed by atoms with Crippen LogP contribution in [-0.4, -0.2) is 24.3 Å². The van der Waals surface area contributed by atoms with Crippen LogP contribution in [0.4, 0.5) is 0 Å². The average Bonchev–Trinajstić information content (AvgIpc) is 2.53. The monoisotopic (exact) mass is 301 g/mol. The van der Waals surface area contributed by atoms with Crippen molar-refractivity contribution in [3.05, 3.63) is 59.9 Å². The Bertz CT molecular complexity index is 752. The van der Waals surface area contributed by atoms with Gasteiger partial charge in [-0.25, -0.2) is 8.42 Å². The molecule has 0 aliphatic rings.